The van der Waals surface area contributed by atoms with Gasteiger partial charge in [-0.1, -0.05) is 12.1 Å². The van der Waals surface area contributed by atoms with E-state index in [9.17, 15) is 14.9 Å². The molecule has 0 bridgehead atoms. The van der Waals surface area contributed by atoms with E-state index in [4.69, 9.17) is 4.74 Å². The first kappa shape index (κ1) is 21.4. The predicted octanol–water partition coefficient (Wildman–Crippen LogP) is 3.17. The van der Waals surface area contributed by atoms with E-state index in [-0.39, 0.29) is 11.6 Å². The number of hydrogen-bond acceptors (Lipinski definition) is 7. The van der Waals surface area contributed by atoms with Crippen molar-refractivity contribution in [2.75, 3.05) is 26.3 Å². The zero-order chi connectivity index (χ0) is 22.3. The van der Waals surface area contributed by atoms with Crippen molar-refractivity contribution in [2.45, 2.75) is 12.8 Å². The predicted molar refractivity (Wildman–Crippen MR) is 120 cm³/mol. The number of morpholine rings is 1. The summed E-state index contributed by atoms with van der Waals surface area (Å²) in [5.74, 6) is -0.326. The molecule has 1 aromatic heterocycles. The largest absolute Gasteiger partial charge is 0.378 e. The van der Waals surface area contributed by atoms with Crippen molar-refractivity contribution in [3.05, 3.63) is 86.9 Å². The molecule has 2 heterocycles. The third kappa shape index (κ3) is 5.06. The number of rotatable bonds is 6. The Labute approximate surface area is 185 Å². The number of allylic oxidation sites excluding steroid dienone is 2. The Balaban J connectivity index is 1.59. The number of pyridine rings is 1. The summed E-state index contributed by atoms with van der Waals surface area (Å²) >= 11 is 0. The second-order valence-corrected chi connectivity index (χ2v) is 7.44. The van der Waals surface area contributed by atoms with Gasteiger partial charge in [0, 0.05) is 43.3 Å². The third-order valence-corrected chi connectivity index (χ3v) is 5.33. The fourth-order valence-corrected chi connectivity index (χ4v) is 3.83. The van der Waals surface area contributed by atoms with Gasteiger partial charge in [0.25, 0.3) is 11.6 Å². The van der Waals surface area contributed by atoms with E-state index in [1.807, 2.05) is 12.1 Å². The van der Waals surface area contributed by atoms with Gasteiger partial charge in [-0.15, -0.1) is 0 Å². The first-order chi connectivity index (χ1) is 15.6. The van der Waals surface area contributed by atoms with Gasteiger partial charge >= 0.3 is 0 Å². The van der Waals surface area contributed by atoms with Crippen LogP contribution in [-0.4, -0.2) is 53.2 Å². The summed E-state index contributed by atoms with van der Waals surface area (Å²) in [6.07, 6.45) is 8.32. The highest BCUT2D eigenvalue weighted by atomic mass is 16.6. The number of nitro benzene ring substituents is 1. The number of non-ortho nitro benzene ring substituents is 1. The van der Waals surface area contributed by atoms with Crippen molar-refractivity contribution >= 4 is 23.9 Å². The highest BCUT2D eigenvalue weighted by Gasteiger charge is 2.25. The van der Waals surface area contributed by atoms with Gasteiger partial charge in [0.05, 0.1) is 29.9 Å². The highest BCUT2D eigenvalue weighted by molar-refractivity contribution is 5.94. The van der Waals surface area contributed by atoms with Gasteiger partial charge in [-0.25, -0.2) is 5.43 Å². The van der Waals surface area contributed by atoms with E-state index in [0.717, 1.165) is 48.3 Å². The number of carbonyl (C=O) groups excluding carboxylic acids is 1. The lowest BCUT2D eigenvalue weighted by Crippen LogP contribution is -2.36. The van der Waals surface area contributed by atoms with Crippen LogP contribution in [0.3, 0.4) is 0 Å². The van der Waals surface area contributed by atoms with Crippen LogP contribution in [0.15, 0.2) is 70.7 Å². The molecule has 32 heavy (non-hydrogen) atoms. The lowest BCUT2D eigenvalue weighted by atomic mass is 10.1. The molecule has 1 aliphatic carbocycles. The Kier molecular flexibility index (Phi) is 6.66. The molecule has 1 aliphatic heterocycles. The Hall–Kier alpha value is -3.85. The number of hydrazone groups is 1. The summed E-state index contributed by atoms with van der Waals surface area (Å²) in [5.41, 5.74) is 6.99. The molecule has 9 nitrogen and oxygen atoms in total. The molecule has 1 saturated heterocycles. The fraction of sp³-hybridized carbons (Fsp3) is 0.261. The summed E-state index contributed by atoms with van der Waals surface area (Å²) < 4.78 is 5.50. The van der Waals surface area contributed by atoms with Gasteiger partial charge in [-0.3, -0.25) is 19.9 Å². The molecule has 9 heteroatoms. The average Bonchev–Trinajstić information content (AvgIpc) is 3.22. The third-order valence-electron chi connectivity index (χ3n) is 5.33. The maximum atomic E-state index is 12.2. The zero-order valence-electron chi connectivity index (χ0n) is 17.4. The van der Waals surface area contributed by atoms with E-state index < -0.39 is 4.92 Å². The van der Waals surface area contributed by atoms with Crippen LogP contribution >= 0.6 is 0 Å². The normalized spacial score (nSPS) is 17.9. The Morgan fingerprint density at radius 1 is 1.22 bits per heavy atom. The SMILES string of the molecule is O=C(N/N=C/C1=C(N2CCOCC2)C(=C/c2cccc([N+](=O)[O-])c2)/CC1)c1cccnc1. The lowest BCUT2D eigenvalue weighted by Gasteiger charge is -2.31. The molecule has 4 rings (SSSR count). The second kappa shape index (κ2) is 9.97. The maximum absolute atomic E-state index is 12.2. The van der Waals surface area contributed by atoms with E-state index >= 15 is 0 Å². The fourth-order valence-electron chi connectivity index (χ4n) is 3.83. The number of nitrogens with one attached hydrogen (secondary N) is 1. The molecular weight excluding hydrogens is 410 g/mol. The first-order valence-electron chi connectivity index (χ1n) is 10.4. The van der Waals surface area contributed by atoms with Crippen molar-refractivity contribution < 1.29 is 14.5 Å². The van der Waals surface area contributed by atoms with Crippen molar-refractivity contribution in [1.29, 1.82) is 0 Å². The van der Waals surface area contributed by atoms with Crippen LogP contribution in [0.25, 0.3) is 6.08 Å². The number of aromatic nitrogens is 1. The summed E-state index contributed by atoms with van der Waals surface area (Å²) in [6, 6.07) is 9.97. The number of carbonyl (C=O) groups is 1. The quantitative estimate of drug-likeness (QED) is 0.426. The van der Waals surface area contributed by atoms with Crippen LogP contribution in [0.2, 0.25) is 0 Å². The Morgan fingerprint density at radius 3 is 2.81 bits per heavy atom. The van der Waals surface area contributed by atoms with Crippen LogP contribution in [0.5, 0.6) is 0 Å². The minimum absolute atomic E-state index is 0.0640. The number of nitro groups is 1. The number of hydrogen-bond donors (Lipinski definition) is 1. The molecule has 0 atom stereocenters. The minimum Gasteiger partial charge on any atom is -0.378 e. The molecular formula is C23H23N5O4. The summed E-state index contributed by atoms with van der Waals surface area (Å²) in [4.78, 5) is 29.2. The van der Waals surface area contributed by atoms with E-state index in [1.54, 1.807) is 36.7 Å². The number of benzene rings is 1. The Morgan fingerprint density at radius 2 is 2.06 bits per heavy atom. The molecule has 1 amide bonds. The number of ether oxygens (including phenoxy) is 1. The molecule has 0 unspecified atom stereocenters. The summed E-state index contributed by atoms with van der Waals surface area (Å²) in [7, 11) is 0. The van der Waals surface area contributed by atoms with E-state index in [2.05, 4.69) is 20.4 Å². The van der Waals surface area contributed by atoms with Gasteiger partial charge < -0.3 is 9.64 Å². The van der Waals surface area contributed by atoms with E-state index in [1.165, 1.54) is 12.3 Å². The van der Waals surface area contributed by atoms with Gasteiger partial charge in [-0.05, 0) is 47.8 Å². The molecule has 0 radical (unpaired) electrons. The monoisotopic (exact) mass is 433 g/mol. The number of nitrogens with zero attached hydrogens (tertiary/aromatic N) is 4. The molecule has 2 aliphatic rings. The molecule has 1 aromatic carbocycles. The molecule has 2 aromatic rings. The topological polar surface area (TPSA) is 110 Å². The Bertz CT molecular complexity index is 1090. The van der Waals surface area contributed by atoms with Gasteiger partial charge in [0.15, 0.2) is 0 Å². The van der Waals surface area contributed by atoms with Crippen LogP contribution in [0.4, 0.5) is 5.69 Å². The molecule has 1 fully saturated rings. The molecule has 164 valence electrons. The lowest BCUT2D eigenvalue weighted by molar-refractivity contribution is -0.384. The smallest absolute Gasteiger partial charge is 0.272 e. The zero-order valence-corrected chi connectivity index (χ0v) is 17.4. The molecule has 0 saturated carbocycles. The van der Waals surface area contributed by atoms with Crippen LogP contribution in [0, 0.1) is 10.1 Å². The first-order valence-corrected chi connectivity index (χ1v) is 10.4. The van der Waals surface area contributed by atoms with Crippen LogP contribution < -0.4 is 5.43 Å². The van der Waals surface area contributed by atoms with Crippen LogP contribution in [-0.2, 0) is 4.74 Å². The summed E-state index contributed by atoms with van der Waals surface area (Å²) in [6.45, 7) is 2.77. The van der Waals surface area contributed by atoms with E-state index in [0.29, 0.717) is 18.8 Å². The van der Waals surface area contributed by atoms with Crippen molar-refractivity contribution in [3.63, 3.8) is 0 Å². The maximum Gasteiger partial charge on any atom is 0.272 e. The minimum atomic E-state index is -0.390. The van der Waals surface area contributed by atoms with Crippen molar-refractivity contribution in [2.24, 2.45) is 5.10 Å². The van der Waals surface area contributed by atoms with Crippen molar-refractivity contribution in [1.82, 2.24) is 15.3 Å². The van der Waals surface area contributed by atoms with Crippen molar-refractivity contribution in [3.8, 4) is 0 Å². The van der Waals surface area contributed by atoms with Gasteiger partial charge in [0.2, 0.25) is 0 Å². The van der Waals surface area contributed by atoms with Gasteiger partial charge in [0.1, 0.15) is 0 Å². The summed E-state index contributed by atoms with van der Waals surface area (Å²) in [5, 5.41) is 15.3. The van der Waals surface area contributed by atoms with Gasteiger partial charge in [-0.2, -0.15) is 5.10 Å². The second-order valence-electron chi connectivity index (χ2n) is 7.44. The highest BCUT2D eigenvalue weighted by Crippen LogP contribution is 2.35. The molecule has 1 N–H and O–H groups in total. The standard InChI is InChI=1S/C23H23N5O4/c29-23(20-4-2-8-24-15-20)26-25-16-19-7-6-18(22(19)27-9-11-32-12-10-27)13-17-3-1-5-21(14-17)28(30)31/h1-5,8,13-16H,6-7,9-12H2,(H,26,29)/b18-13+,25-16+. The molecule has 0 spiro atoms. The number of amides is 1. The average molecular weight is 433 g/mol. The van der Waals surface area contributed by atoms with Crippen LogP contribution in [0.1, 0.15) is 28.8 Å².